The molecule has 0 saturated heterocycles. The van der Waals surface area contributed by atoms with Gasteiger partial charge in [0.2, 0.25) is 5.82 Å². The van der Waals surface area contributed by atoms with Gasteiger partial charge in [0.05, 0.1) is 4.92 Å². The predicted octanol–water partition coefficient (Wildman–Crippen LogP) is 4.47. The Hall–Kier alpha value is -3.54. The second kappa shape index (κ2) is 5.58. The van der Waals surface area contributed by atoms with Crippen LogP contribution >= 0.6 is 0 Å². The number of nitro groups is 1. The second-order valence-electron chi connectivity index (χ2n) is 5.29. The van der Waals surface area contributed by atoms with Gasteiger partial charge in [-0.3, -0.25) is 10.1 Å². The number of benzene rings is 3. The van der Waals surface area contributed by atoms with Crippen LogP contribution in [0.15, 0.2) is 71.3 Å². The summed E-state index contributed by atoms with van der Waals surface area (Å²) in [5, 5.41) is 17.0. The first-order valence-electron chi connectivity index (χ1n) is 7.28. The standard InChI is InChI=1S/C18H11N3O3/c22-21(23)16-7-3-6-14(11-16)17-19-18(24-20-17)15-9-8-12-4-1-2-5-13(12)10-15/h1-11H. The van der Waals surface area contributed by atoms with Crippen molar-refractivity contribution in [2.45, 2.75) is 0 Å². The summed E-state index contributed by atoms with van der Waals surface area (Å²) >= 11 is 0. The number of hydrogen-bond acceptors (Lipinski definition) is 5. The van der Waals surface area contributed by atoms with E-state index < -0.39 is 4.92 Å². The number of nitro benzene ring substituents is 1. The minimum Gasteiger partial charge on any atom is -0.334 e. The van der Waals surface area contributed by atoms with Gasteiger partial charge in [0.15, 0.2) is 0 Å². The molecule has 3 aromatic carbocycles. The lowest BCUT2D eigenvalue weighted by atomic mass is 10.1. The van der Waals surface area contributed by atoms with Crippen LogP contribution in [-0.4, -0.2) is 15.1 Å². The summed E-state index contributed by atoms with van der Waals surface area (Å²) in [5.74, 6) is 0.698. The van der Waals surface area contributed by atoms with E-state index in [-0.39, 0.29) is 5.69 Å². The highest BCUT2D eigenvalue weighted by Gasteiger charge is 2.14. The Kier molecular flexibility index (Phi) is 3.28. The molecule has 0 bridgehead atoms. The average molecular weight is 317 g/mol. The molecule has 1 heterocycles. The monoisotopic (exact) mass is 317 g/mol. The van der Waals surface area contributed by atoms with E-state index in [1.807, 2.05) is 42.5 Å². The maximum Gasteiger partial charge on any atom is 0.270 e. The molecule has 6 heteroatoms. The van der Waals surface area contributed by atoms with Crippen molar-refractivity contribution in [2.75, 3.05) is 0 Å². The van der Waals surface area contributed by atoms with Crippen LogP contribution in [0.3, 0.4) is 0 Å². The van der Waals surface area contributed by atoms with Crippen LogP contribution in [0.5, 0.6) is 0 Å². The fourth-order valence-corrected chi connectivity index (χ4v) is 2.54. The van der Waals surface area contributed by atoms with Crippen LogP contribution in [0.1, 0.15) is 0 Å². The number of rotatable bonds is 3. The molecule has 0 aliphatic rings. The van der Waals surface area contributed by atoms with Crippen LogP contribution in [0.4, 0.5) is 5.69 Å². The lowest BCUT2D eigenvalue weighted by Crippen LogP contribution is -1.88. The van der Waals surface area contributed by atoms with Crippen molar-refractivity contribution in [1.82, 2.24) is 10.1 Å². The maximum absolute atomic E-state index is 10.9. The quantitative estimate of drug-likeness (QED) is 0.411. The molecule has 4 rings (SSSR count). The molecule has 0 aliphatic heterocycles. The van der Waals surface area contributed by atoms with Gasteiger partial charge in [-0.05, 0) is 22.9 Å². The molecule has 0 amide bonds. The van der Waals surface area contributed by atoms with Gasteiger partial charge in [0, 0.05) is 23.3 Å². The molecule has 116 valence electrons. The van der Waals surface area contributed by atoms with Crippen molar-refractivity contribution < 1.29 is 9.45 Å². The lowest BCUT2D eigenvalue weighted by molar-refractivity contribution is -0.384. The van der Waals surface area contributed by atoms with E-state index in [2.05, 4.69) is 10.1 Å². The Labute approximate surface area is 136 Å². The third-order valence-corrected chi connectivity index (χ3v) is 3.74. The predicted molar refractivity (Wildman–Crippen MR) is 89.3 cm³/mol. The average Bonchev–Trinajstić information content (AvgIpc) is 3.11. The molecular weight excluding hydrogens is 306 g/mol. The van der Waals surface area contributed by atoms with Gasteiger partial charge < -0.3 is 4.52 Å². The van der Waals surface area contributed by atoms with Crippen LogP contribution in [0, 0.1) is 10.1 Å². The van der Waals surface area contributed by atoms with Crippen molar-refractivity contribution in [3.8, 4) is 22.8 Å². The molecular formula is C18H11N3O3. The largest absolute Gasteiger partial charge is 0.334 e. The van der Waals surface area contributed by atoms with Crippen LogP contribution in [-0.2, 0) is 0 Å². The van der Waals surface area contributed by atoms with E-state index >= 15 is 0 Å². The molecule has 1 aromatic heterocycles. The lowest BCUT2D eigenvalue weighted by Gasteiger charge is -1.99. The zero-order valence-corrected chi connectivity index (χ0v) is 12.4. The fraction of sp³-hybridized carbons (Fsp3) is 0. The van der Waals surface area contributed by atoms with Gasteiger partial charge in [-0.25, -0.2) is 0 Å². The third kappa shape index (κ3) is 2.50. The molecule has 0 atom stereocenters. The summed E-state index contributed by atoms with van der Waals surface area (Å²) in [6.07, 6.45) is 0. The zero-order valence-electron chi connectivity index (χ0n) is 12.4. The van der Waals surface area contributed by atoms with Crippen molar-refractivity contribution in [3.63, 3.8) is 0 Å². The molecule has 0 aliphatic carbocycles. The highest BCUT2D eigenvalue weighted by molar-refractivity contribution is 5.86. The maximum atomic E-state index is 10.9. The van der Waals surface area contributed by atoms with Crippen LogP contribution in [0.2, 0.25) is 0 Å². The van der Waals surface area contributed by atoms with Gasteiger partial charge in [-0.1, -0.05) is 47.6 Å². The van der Waals surface area contributed by atoms with Crippen molar-refractivity contribution in [3.05, 3.63) is 76.8 Å². The number of hydrogen-bond donors (Lipinski definition) is 0. The summed E-state index contributed by atoms with van der Waals surface area (Å²) in [6.45, 7) is 0. The van der Waals surface area contributed by atoms with Crippen LogP contribution < -0.4 is 0 Å². The van der Waals surface area contributed by atoms with Gasteiger partial charge in [0.25, 0.3) is 11.6 Å². The van der Waals surface area contributed by atoms with E-state index in [9.17, 15) is 10.1 Å². The summed E-state index contributed by atoms with van der Waals surface area (Å²) < 4.78 is 5.32. The number of nitrogens with zero attached hydrogens (tertiary/aromatic N) is 3. The number of non-ortho nitro benzene ring substituents is 1. The molecule has 24 heavy (non-hydrogen) atoms. The SMILES string of the molecule is O=[N+]([O-])c1cccc(-c2noc(-c3ccc4ccccc4c3)n2)c1. The van der Waals surface area contributed by atoms with Crippen molar-refractivity contribution in [2.24, 2.45) is 0 Å². The second-order valence-corrected chi connectivity index (χ2v) is 5.29. The number of fused-ring (bicyclic) bond motifs is 1. The summed E-state index contributed by atoms with van der Waals surface area (Å²) in [6, 6.07) is 20.0. The molecule has 6 nitrogen and oxygen atoms in total. The van der Waals surface area contributed by atoms with Crippen molar-refractivity contribution in [1.29, 1.82) is 0 Å². The summed E-state index contributed by atoms with van der Waals surface area (Å²) in [4.78, 5) is 14.8. The Morgan fingerprint density at radius 2 is 1.71 bits per heavy atom. The molecule has 0 spiro atoms. The molecule has 4 aromatic rings. The minimum absolute atomic E-state index is 0.00967. The molecule has 0 saturated carbocycles. The highest BCUT2D eigenvalue weighted by atomic mass is 16.6. The Balaban J connectivity index is 1.73. The molecule has 0 unspecified atom stereocenters. The molecule has 0 radical (unpaired) electrons. The highest BCUT2D eigenvalue weighted by Crippen LogP contribution is 2.26. The summed E-state index contributed by atoms with van der Waals surface area (Å²) in [7, 11) is 0. The first-order valence-corrected chi connectivity index (χ1v) is 7.28. The van der Waals surface area contributed by atoms with Crippen LogP contribution in [0.25, 0.3) is 33.6 Å². The molecule has 0 N–H and O–H groups in total. The number of aromatic nitrogens is 2. The molecule has 0 fully saturated rings. The first-order chi connectivity index (χ1) is 11.7. The van der Waals surface area contributed by atoms with E-state index in [0.29, 0.717) is 17.3 Å². The first kappa shape index (κ1) is 14.1. The van der Waals surface area contributed by atoms with E-state index in [0.717, 1.165) is 16.3 Å². The van der Waals surface area contributed by atoms with Gasteiger partial charge in [-0.15, -0.1) is 0 Å². The van der Waals surface area contributed by atoms with E-state index in [1.165, 1.54) is 12.1 Å². The fourth-order valence-electron chi connectivity index (χ4n) is 2.54. The third-order valence-electron chi connectivity index (χ3n) is 3.74. The Morgan fingerprint density at radius 1 is 0.875 bits per heavy atom. The Morgan fingerprint density at radius 3 is 2.54 bits per heavy atom. The van der Waals surface area contributed by atoms with Gasteiger partial charge in [0.1, 0.15) is 0 Å². The van der Waals surface area contributed by atoms with Gasteiger partial charge >= 0.3 is 0 Å². The van der Waals surface area contributed by atoms with Crippen molar-refractivity contribution >= 4 is 16.5 Å². The van der Waals surface area contributed by atoms with E-state index in [4.69, 9.17) is 4.52 Å². The normalized spacial score (nSPS) is 10.8. The Bertz CT molecular complexity index is 1060. The van der Waals surface area contributed by atoms with E-state index in [1.54, 1.807) is 12.1 Å². The zero-order chi connectivity index (χ0) is 16.5. The minimum atomic E-state index is -0.451. The smallest absolute Gasteiger partial charge is 0.270 e. The summed E-state index contributed by atoms with van der Waals surface area (Å²) in [5.41, 5.74) is 1.34. The topological polar surface area (TPSA) is 82.1 Å². The van der Waals surface area contributed by atoms with Gasteiger partial charge in [-0.2, -0.15) is 4.98 Å².